The van der Waals surface area contributed by atoms with Crippen LogP contribution >= 0.6 is 0 Å². The van der Waals surface area contributed by atoms with Crippen molar-refractivity contribution in [2.24, 2.45) is 5.92 Å². The molecular formula is C15H22N2O3. The molecule has 0 aliphatic heterocycles. The first-order valence-electron chi connectivity index (χ1n) is 6.74. The molecule has 0 heterocycles. The molecule has 0 saturated carbocycles. The zero-order valence-corrected chi connectivity index (χ0v) is 12.4. The minimum atomic E-state index is -0.920. The minimum Gasteiger partial charge on any atom is -0.481 e. The lowest BCUT2D eigenvalue weighted by Crippen LogP contribution is -2.47. The summed E-state index contributed by atoms with van der Waals surface area (Å²) in [5, 5.41) is 11.7. The number of urea groups is 1. The number of hydrogen-bond acceptors (Lipinski definition) is 2. The lowest BCUT2D eigenvalue weighted by molar-refractivity contribution is -0.141. The van der Waals surface area contributed by atoms with Crippen molar-refractivity contribution in [2.45, 2.75) is 33.7 Å². The van der Waals surface area contributed by atoms with Crippen molar-refractivity contribution in [3.63, 3.8) is 0 Å². The number of rotatable bonds is 5. The third-order valence-corrected chi connectivity index (χ3v) is 3.40. The number of carbonyl (C=O) groups is 2. The molecule has 2 atom stereocenters. The lowest BCUT2D eigenvalue weighted by atomic mass is 10.0. The zero-order chi connectivity index (χ0) is 15.3. The maximum atomic E-state index is 12.2. The summed E-state index contributed by atoms with van der Waals surface area (Å²) in [7, 11) is 0. The lowest BCUT2D eigenvalue weighted by Gasteiger charge is -2.25. The Kier molecular flexibility index (Phi) is 5.55. The second kappa shape index (κ2) is 6.93. The largest absolute Gasteiger partial charge is 0.481 e. The number of amides is 2. The van der Waals surface area contributed by atoms with Crippen LogP contribution in [-0.4, -0.2) is 29.7 Å². The fourth-order valence-corrected chi connectivity index (χ4v) is 1.78. The van der Waals surface area contributed by atoms with Gasteiger partial charge in [-0.15, -0.1) is 0 Å². The number of anilines is 1. The van der Waals surface area contributed by atoms with Gasteiger partial charge in [-0.05, 0) is 39.8 Å². The minimum absolute atomic E-state index is 0.281. The van der Waals surface area contributed by atoms with E-state index in [1.54, 1.807) is 18.7 Å². The zero-order valence-electron chi connectivity index (χ0n) is 12.4. The molecule has 0 aliphatic carbocycles. The highest BCUT2D eigenvalue weighted by Gasteiger charge is 2.23. The van der Waals surface area contributed by atoms with Gasteiger partial charge < -0.3 is 10.4 Å². The third-order valence-electron chi connectivity index (χ3n) is 3.40. The van der Waals surface area contributed by atoms with Crippen molar-refractivity contribution in [1.29, 1.82) is 0 Å². The number of carboxylic acid groups (broad SMARTS) is 1. The van der Waals surface area contributed by atoms with Gasteiger partial charge >= 0.3 is 12.0 Å². The molecule has 2 amide bonds. The fraction of sp³-hybridized carbons (Fsp3) is 0.467. The highest BCUT2D eigenvalue weighted by molar-refractivity contribution is 5.92. The van der Waals surface area contributed by atoms with Crippen LogP contribution in [0.2, 0.25) is 0 Å². The van der Waals surface area contributed by atoms with Gasteiger partial charge in [0.2, 0.25) is 0 Å². The Morgan fingerprint density at radius 2 is 1.80 bits per heavy atom. The summed E-state index contributed by atoms with van der Waals surface area (Å²) in [4.78, 5) is 24.7. The number of aryl methyl sites for hydroxylation is 1. The summed E-state index contributed by atoms with van der Waals surface area (Å²) in [6.45, 7) is 7.65. The molecule has 110 valence electrons. The molecule has 0 bridgehead atoms. The quantitative estimate of drug-likeness (QED) is 0.870. The summed E-state index contributed by atoms with van der Waals surface area (Å²) < 4.78 is 0. The van der Waals surface area contributed by atoms with E-state index in [1.807, 2.05) is 38.1 Å². The Balaban J connectivity index is 2.77. The van der Waals surface area contributed by atoms with Gasteiger partial charge in [-0.2, -0.15) is 0 Å². The van der Waals surface area contributed by atoms with E-state index in [0.717, 1.165) is 11.3 Å². The van der Waals surface area contributed by atoms with Crippen LogP contribution in [-0.2, 0) is 4.79 Å². The summed E-state index contributed by atoms with van der Waals surface area (Å²) >= 11 is 0. The number of carboxylic acids is 1. The van der Waals surface area contributed by atoms with E-state index in [0.29, 0.717) is 6.54 Å². The monoisotopic (exact) mass is 278 g/mol. The first-order chi connectivity index (χ1) is 9.36. The molecule has 0 spiro atoms. The van der Waals surface area contributed by atoms with Crippen molar-refractivity contribution in [1.82, 2.24) is 5.32 Å². The summed E-state index contributed by atoms with van der Waals surface area (Å²) in [6, 6.07) is 6.92. The highest BCUT2D eigenvalue weighted by atomic mass is 16.4. The normalized spacial score (nSPS) is 13.4. The number of benzene rings is 1. The molecule has 5 heteroatoms. The van der Waals surface area contributed by atoms with Gasteiger partial charge in [0.15, 0.2) is 0 Å². The van der Waals surface area contributed by atoms with Crippen molar-refractivity contribution in [2.75, 3.05) is 11.4 Å². The SMILES string of the molecule is CCN(C(=O)NC(C)C(C)C(=O)O)c1ccc(C)cc1. The van der Waals surface area contributed by atoms with E-state index < -0.39 is 17.9 Å². The molecule has 0 saturated heterocycles. The molecule has 0 aromatic heterocycles. The van der Waals surface area contributed by atoms with Gasteiger partial charge in [-0.1, -0.05) is 17.7 Å². The van der Waals surface area contributed by atoms with Gasteiger partial charge in [0.1, 0.15) is 0 Å². The average molecular weight is 278 g/mol. The van der Waals surface area contributed by atoms with Crippen molar-refractivity contribution in [3.8, 4) is 0 Å². The topological polar surface area (TPSA) is 69.6 Å². The average Bonchev–Trinajstić information content (AvgIpc) is 2.40. The molecule has 20 heavy (non-hydrogen) atoms. The van der Waals surface area contributed by atoms with Crippen molar-refractivity contribution in [3.05, 3.63) is 29.8 Å². The van der Waals surface area contributed by atoms with E-state index >= 15 is 0 Å². The summed E-state index contributed by atoms with van der Waals surface area (Å²) in [6.07, 6.45) is 0. The predicted molar refractivity (Wildman–Crippen MR) is 79.0 cm³/mol. The Bertz CT molecular complexity index is 471. The Morgan fingerprint density at radius 3 is 2.25 bits per heavy atom. The van der Waals surface area contributed by atoms with Crippen LogP contribution in [0.15, 0.2) is 24.3 Å². The molecule has 0 radical (unpaired) electrons. The van der Waals surface area contributed by atoms with E-state index in [-0.39, 0.29) is 6.03 Å². The number of aliphatic carboxylic acids is 1. The molecule has 1 aromatic carbocycles. The first kappa shape index (κ1) is 16.0. The van der Waals surface area contributed by atoms with Crippen LogP contribution in [0.4, 0.5) is 10.5 Å². The maximum absolute atomic E-state index is 12.2. The van der Waals surface area contributed by atoms with Gasteiger partial charge in [0.05, 0.1) is 5.92 Å². The Hall–Kier alpha value is -2.04. The van der Waals surface area contributed by atoms with E-state index in [9.17, 15) is 9.59 Å². The van der Waals surface area contributed by atoms with Crippen LogP contribution in [0.3, 0.4) is 0 Å². The Labute approximate surface area is 119 Å². The van der Waals surface area contributed by atoms with Crippen LogP contribution < -0.4 is 10.2 Å². The smallest absolute Gasteiger partial charge is 0.322 e. The third kappa shape index (κ3) is 3.98. The molecule has 5 nitrogen and oxygen atoms in total. The summed E-state index contributed by atoms with van der Waals surface area (Å²) in [5.74, 6) is -1.55. The molecule has 1 aromatic rings. The van der Waals surface area contributed by atoms with Crippen LogP contribution in [0.5, 0.6) is 0 Å². The van der Waals surface area contributed by atoms with Gasteiger partial charge in [0.25, 0.3) is 0 Å². The van der Waals surface area contributed by atoms with E-state index in [4.69, 9.17) is 5.11 Å². The van der Waals surface area contributed by atoms with Crippen LogP contribution in [0, 0.1) is 12.8 Å². The highest BCUT2D eigenvalue weighted by Crippen LogP contribution is 2.15. The number of carbonyl (C=O) groups excluding carboxylic acids is 1. The first-order valence-corrected chi connectivity index (χ1v) is 6.74. The van der Waals surface area contributed by atoms with Crippen molar-refractivity contribution >= 4 is 17.7 Å². The number of nitrogens with zero attached hydrogens (tertiary/aromatic N) is 1. The molecule has 0 fully saturated rings. The second-order valence-electron chi connectivity index (χ2n) is 4.94. The Morgan fingerprint density at radius 1 is 1.25 bits per heavy atom. The maximum Gasteiger partial charge on any atom is 0.322 e. The fourth-order valence-electron chi connectivity index (χ4n) is 1.78. The molecule has 0 aliphatic rings. The second-order valence-corrected chi connectivity index (χ2v) is 4.94. The molecular weight excluding hydrogens is 256 g/mol. The van der Waals surface area contributed by atoms with E-state index in [2.05, 4.69) is 5.32 Å². The molecule has 2 unspecified atom stereocenters. The van der Waals surface area contributed by atoms with Crippen molar-refractivity contribution < 1.29 is 14.7 Å². The van der Waals surface area contributed by atoms with Crippen LogP contribution in [0.25, 0.3) is 0 Å². The van der Waals surface area contributed by atoms with Crippen LogP contribution in [0.1, 0.15) is 26.3 Å². The standard InChI is InChI=1S/C15H22N2O3/c1-5-17(13-8-6-10(2)7-9-13)15(20)16-12(4)11(3)14(18)19/h6-9,11-12H,5H2,1-4H3,(H,16,20)(H,18,19). The predicted octanol–water partition coefficient (Wildman–Crippen LogP) is 2.64. The van der Waals surface area contributed by atoms with Gasteiger partial charge in [0, 0.05) is 18.3 Å². The van der Waals surface area contributed by atoms with Gasteiger partial charge in [-0.3, -0.25) is 9.69 Å². The molecule has 1 rings (SSSR count). The number of nitrogens with one attached hydrogen (secondary N) is 1. The van der Waals surface area contributed by atoms with E-state index in [1.165, 1.54) is 0 Å². The number of hydrogen-bond donors (Lipinski definition) is 2. The van der Waals surface area contributed by atoms with Gasteiger partial charge in [-0.25, -0.2) is 4.79 Å². The summed E-state index contributed by atoms with van der Waals surface area (Å²) in [5.41, 5.74) is 1.92. The molecule has 2 N–H and O–H groups in total.